The molecule has 3 heterocycles. The molecule has 6 nitrogen and oxygen atoms in total. The molecule has 0 bridgehead atoms. The number of anilines is 1. The zero-order chi connectivity index (χ0) is 19.5. The van der Waals surface area contributed by atoms with Crippen LogP contribution < -0.4 is 10.1 Å². The van der Waals surface area contributed by atoms with E-state index in [9.17, 15) is 4.79 Å². The monoisotopic (exact) mass is 392 g/mol. The highest BCUT2D eigenvalue weighted by atomic mass is 32.1. The Bertz CT molecular complexity index is 1120. The van der Waals surface area contributed by atoms with Crippen LogP contribution >= 0.6 is 11.3 Å². The summed E-state index contributed by atoms with van der Waals surface area (Å²) >= 11 is 1.52. The van der Waals surface area contributed by atoms with Gasteiger partial charge in [0.05, 0.1) is 18.7 Å². The zero-order valence-corrected chi connectivity index (χ0v) is 16.5. The van der Waals surface area contributed by atoms with Crippen molar-refractivity contribution in [3.8, 4) is 17.0 Å². The van der Waals surface area contributed by atoms with Crippen molar-refractivity contribution in [2.75, 3.05) is 11.9 Å². The number of fused-ring (bicyclic) bond motifs is 1. The third-order valence-electron chi connectivity index (χ3n) is 4.27. The molecule has 0 unspecified atom stereocenters. The summed E-state index contributed by atoms with van der Waals surface area (Å²) in [5, 5.41) is 4.82. The number of hydrogen-bond donors (Lipinski definition) is 1. The minimum Gasteiger partial charge on any atom is -0.494 e. The lowest BCUT2D eigenvalue weighted by Crippen LogP contribution is -2.16. The van der Waals surface area contributed by atoms with Gasteiger partial charge >= 0.3 is 0 Å². The Morgan fingerprint density at radius 3 is 2.82 bits per heavy atom. The highest BCUT2D eigenvalue weighted by molar-refractivity contribution is 7.15. The standard InChI is InChI=1S/C21H20N4O2S/c1-3-27-17-6-4-15(5-7-17)18-12-25-16(13-28-21(25)23-18)11-20(26)24-19-10-14(2)8-9-22-19/h4-10,12-13H,3,11H2,1-2H3,(H,22,24,26). The number of aryl methyl sites for hydroxylation is 1. The largest absolute Gasteiger partial charge is 0.494 e. The van der Waals surface area contributed by atoms with Gasteiger partial charge in [-0.05, 0) is 55.8 Å². The normalized spacial score (nSPS) is 10.9. The van der Waals surface area contributed by atoms with E-state index in [4.69, 9.17) is 4.74 Å². The molecule has 0 aliphatic carbocycles. The zero-order valence-electron chi connectivity index (χ0n) is 15.7. The van der Waals surface area contributed by atoms with Crippen molar-refractivity contribution in [1.29, 1.82) is 0 Å². The summed E-state index contributed by atoms with van der Waals surface area (Å²) in [6.07, 6.45) is 3.91. The number of nitrogens with one attached hydrogen (secondary N) is 1. The number of amides is 1. The molecule has 142 valence electrons. The number of thiazole rings is 1. The van der Waals surface area contributed by atoms with E-state index < -0.39 is 0 Å². The number of benzene rings is 1. The number of rotatable bonds is 6. The Balaban J connectivity index is 1.52. The minimum atomic E-state index is -0.103. The molecule has 0 atom stereocenters. The van der Waals surface area contributed by atoms with Crippen LogP contribution in [-0.4, -0.2) is 26.9 Å². The molecule has 1 aromatic carbocycles. The first kappa shape index (κ1) is 18.2. The average Bonchev–Trinajstić information content (AvgIpc) is 3.25. The van der Waals surface area contributed by atoms with Gasteiger partial charge in [-0.1, -0.05) is 0 Å². The first-order valence-corrected chi connectivity index (χ1v) is 9.91. The fourth-order valence-corrected chi connectivity index (χ4v) is 3.81. The first-order chi connectivity index (χ1) is 13.6. The number of aromatic nitrogens is 3. The molecule has 3 aromatic heterocycles. The minimum absolute atomic E-state index is 0.103. The second-order valence-electron chi connectivity index (χ2n) is 6.41. The van der Waals surface area contributed by atoms with Gasteiger partial charge in [-0.25, -0.2) is 9.97 Å². The van der Waals surface area contributed by atoms with Crippen molar-refractivity contribution in [1.82, 2.24) is 14.4 Å². The van der Waals surface area contributed by atoms with Crippen LogP contribution in [0.15, 0.2) is 54.2 Å². The van der Waals surface area contributed by atoms with Crippen molar-refractivity contribution in [3.63, 3.8) is 0 Å². The van der Waals surface area contributed by atoms with Gasteiger partial charge in [-0.2, -0.15) is 0 Å². The van der Waals surface area contributed by atoms with Crippen molar-refractivity contribution in [2.45, 2.75) is 20.3 Å². The molecule has 0 spiro atoms. The number of carbonyl (C=O) groups excluding carboxylic acids is 1. The van der Waals surface area contributed by atoms with Gasteiger partial charge in [0.25, 0.3) is 0 Å². The van der Waals surface area contributed by atoms with Gasteiger partial charge < -0.3 is 10.1 Å². The van der Waals surface area contributed by atoms with Crippen LogP contribution in [0.1, 0.15) is 18.2 Å². The van der Waals surface area contributed by atoms with E-state index in [1.807, 2.05) is 66.2 Å². The lowest BCUT2D eigenvalue weighted by atomic mass is 10.1. The summed E-state index contributed by atoms with van der Waals surface area (Å²) in [4.78, 5) is 22.1. The molecule has 0 saturated carbocycles. The number of imidazole rings is 1. The topological polar surface area (TPSA) is 68.5 Å². The van der Waals surface area contributed by atoms with Crippen LogP contribution in [0, 0.1) is 6.92 Å². The van der Waals surface area contributed by atoms with Crippen LogP contribution in [0.3, 0.4) is 0 Å². The van der Waals surface area contributed by atoms with Crippen molar-refractivity contribution < 1.29 is 9.53 Å². The van der Waals surface area contributed by atoms with Crippen molar-refractivity contribution in [3.05, 3.63) is 65.4 Å². The van der Waals surface area contributed by atoms with E-state index in [0.29, 0.717) is 12.4 Å². The van der Waals surface area contributed by atoms with Crippen LogP contribution in [0.25, 0.3) is 16.2 Å². The first-order valence-electron chi connectivity index (χ1n) is 9.03. The predicted molar refractivity (Wildman–Crippen MR) is 111 cm³/mol. The molecule has 7 heteroatoms. The van der Waals surface area contributed by atoms with Gasteiger partial charge in [-0.3, -0.25) is 9.20 Å². The van der Waals surface area contributed by atoms with E-state index in [2.05, 4.69) is 15.3 Å². The van der Waals surface area contributed by atoms with Crippen LogP contribution in [0.5, 0.6) is 5.75 Å². The smallest absolute Gasteiger partial charge is 0.231 e. The Morgan fingerprint density at radius 1 is 1.25 bits per heavy atom. The third-order valence-corrected chi connectivity index (χ3v) is 5.16. The maximum atomic E-state index is 12.4. The summed E-state index contributed by atoms with van der Waals surface area (Å²) in [7, 11) is 0. The number of pyridine rings is 1. The predicted octanol–water partition coefficient (Wildman–Crippen LogP) is 4.35. The number of carbonyl (C=O) groups is 1. The molecule has 28 heavy (non-hydrogen) atoms. The fraction of sp³-hybridized carbons (Fsp3) is 0.190. The quantitative estimate of drug-likeness (QED) is 0.530. The Morgan fingerprint density at radius 2 is 2.07 bits per heavy atom. The SMILES string of the molecule is CCOc1ccc(-c2cn3c(CC(=O)Nc4cc(C)ccn4)csc3n2)cc1. The third kappa shape index (κ3) is 3.89. The summed E-state index contributed by atoms with van der Waals surface area (Å²) in [6, 6.07) is 11.6. The highest BCUT2D eigenvalue weighted by Gasteiger charge is 2.13. The Kier molecular flexibility index (Phi) is 5.08. The van der Waals surface area contributed by atoms with Gasteiger partial charge in [0, 0.05) is 29.0 Å². The lowest BCUT2D eigenvalue weighted by molar-refractivity contribution is -0.115. The summed E-state index contributed by atoms with van der Waals surface area (Å²) in [5.74, 6) is 1.31. The number of hydrogen-bond acceptors (Lipinski definition) is 5. The molecule has 0 radical (unpaired) electrons. The molecule has 4 rings (SSSR count). The van der Waals surface area contributed by atoms with Gasteiger partial charge in [0.2, 0.25) is 5.91 Å². The molecule has 1 N–H and O–H groups in total. The molecular formula is C21H20N4O2S. The van der Waals surface area contributed by atoms with Gasteiger partial charge in [-0.15, -0.1) is 11.3 Å². The molecule has 4 aromatic rings. The summed E-state index contributed by atoms with van der Waals surface area (Å²) in [5.41, 5.74) is 3.84. The second kappa shape index (κ2) is 7.82. The Hall–Kier alpha value is -3.19. The van der Waals surface area contributed by atoms with Gasteiger partial charge in [0.1, 0.15) is 11.6 Å². The second-order valence-corrected chi connectivity index (χ2v) is 7.24. The van der Waals surface area contributed by atoms with E-state index in [1.54, 1.807) is 6.20 Å². The number of ether oxygens (including phenoxy) is 1. The molecule has 1 amide bonds. The van der Waals surface area contributed by atoms with Crippen molar-refractivity contribution >= 4 is 28.0 Å². The lowest BCUT2D eigenvalue weighted by Gasteiger charge is -2.04. The van der Waals surface area contributed by atoms with E-state index in [0.717, 1.165) is 33.2 Å². The van der Waals surface area contributed by atoms with Gasteiger partial charge in [0.15, 0.2) is 4.96 Å². The average molecular weight is 392 g/mol. The molecule has 0 fully saturated rings. The molecular weight excluding hydrogens is 372 g/mol. The highest BCUT2D eigenvalue weighted by Crippen LogP contribution is 2.25. The van der Waals surface area contributed by atoms with E-state index >= 15 is 0 Å². The molecule has 0 aliphatic heterocycles. The van der Waals surface area contributed by atoms with E-state index in [1.165, 1.54) is 11.3 Å². The summed E-state index contributed by atoms with van der Waals surface area (Å²) < 4.78 is 7.46. The van der Waals surface area contributed by atoms with Crippen LogP contribution in [0.2, 0.25) is 0 Å². The van der Waals surface area contributed by atoms with Crippen LogP contribution in [0.4, 0.5) is 5.82 Å². The molecule has 0 saturated heterocycles. The fourth-order valence-electron chi connectivity index (χ4n) is 2.94. The maximum Gasteiger partial charge on any atom is 0.231 e. The summed E-state index contributed by atoms with van der Waals surface area (Å²) in [6.45, 7) is 4.57. The maximum absolute atomic E-state index is 12.4. The van der Waals surface area contributed by atoms with Crippen LogP contribution in [-0.2, 0) is 11.2 Å². The Labute approximate surface area is 166 Å². The van der Waals surface area contributed by atoms with E-state index in [-0.39, 0.29) is 12.3 Å². The number of nitrogens with zero attached hydrogens (tertiary/aromatic N) is 3. The molecule has 0 aliphatic rings. The van der Waals surface area contributed by atoms with Crippen molar-refractivity contribution in [2.24, 2.45) is 0 Å².